The van der Waals surface area contributed by atoms with Gasteiger partial charge in [-0.3, -0.25) is 4.57 Å². The Labute approximate surface area is 351 Å². The molecule has 0 fully saturated rings. The average Bonchev–Trinajstić information content (AvgIpc) is 3.85. The third-order valence-corrected chi connectivity index (χ3v) is 13.1. The lowest BCUT2D eigenvalue weighted by atomic mass is 9.63. The number of hydrogen-bond acceptors (Lipinski definition) is 2. The van der Waals surface area contributed by atoms with Crippen molar-refractivity contribution < 1.29 is 0 Å². The van der Waals surface area contributed by atoms with Gasteiger partial charge in [0.2, 0.25) is 0 Å². The number of imidazole rings is 1. The zero-order valence-corrected chi connectivity index (χ0v) is 33.0. The van der Waals surface area contributed by atoms with Crippen LogP contribution in [0.5, 0.6) is 0 Å². The minimum atomic E-state index is 0.262. The molecule has 0 aliphatic heterocycles. The van der Waals surface area contributed by atoms with Crippen molar-refractivity contribution in [3.8, 4) is 50.5 Å². The summed E-state index contributed by atoms with van der Waals surface area (Å²) in [5.41, 5.74) is 12.5. The SMILES string of the molecule is [B]c1c([B])c([B])c(-c2nc3ccccc3n2-c2ccc(-c3c4ccccc4c(-c4ccc5sc6ccccc6c5c4)c4cc(-c5ccccc5)ccc34)cc2)c(C)c1[B]. The standard InChI is InChI=1S/C52H30B4N2S/c1-29-45(49(54)51(56)50(55)48(29)53)52-57-41-16-8-9-17-42(41)58(52)34-23-19-31(20-24-34)46-36-14-5-6-15-37(36)47(40-27-32(21-25-38(40)46)30-11-3-2-4-12-30)33-22-26-44-39(28-33)35-13-7-10-18-43(35)59-44/h2-28H,1H3. The molecule has 8 radical (unpaired) electrons. The van der Waals surface area contributed by atoms with E-state index in [4.69, 9.17) is 36.4 Å². The second-order valence-corrected chi connectivity index (χ2v) is 16.3. The Hall–Kier alpha value is -6.55. The first-order valence-electron chi connectivity index (χ1n) is 19.6. The number of para-hydroxylation sites is 2. The zero-order valence-electron chi connectivity index (χ0n) is 32.2. The van der Waals surface area contributed by atoms with Crippen molar-refractivity contribution in [3.63, 3.8) is 0 Å². The van der Waals surface area contributed by atoms with Crippen molar-refractivity contribution in [3.05, 3.63) is 169 Å². The molecule has 0 amide bonds. The summed E-state index contributed by atoms with van der Waals surface area (Å²) in [5, 5.41) is 7.36. The smallest absolute Gasteiger partial charge is 0.145 e. The predicted octanol–water partition coefficient (Wildman–Crippen LogP) is 9.85. The van der Waals surface area contributed by atoms with Crippen LogP contribution in [0.4, 0.5) is 0 Å². The van der Waals surface area contributed by atoms with Crippen LogP contribution < -0.4 is 21.9 Å². The number of benzene rings is 9. The third-order valence-electron chi connectivity index (χ3n) is 11.9. The van der Waals surface area contributed by atoms with E-state index in [1.54, 1.807) is 0 Å². The van der Waals surface area contributed by atoms with Crippen molar-refractivity contribution >= 4 is 117 Å². The maximum atomic E-state index is 6.69. The van der Waals surface area contributed by atoms with Gasteiger partial charge < -0.3 is 0 Å². The maximum absolute atomic E-state index is 6.69. The maximum Gasteiger partial charge on any atom is 0.145 e. The molecular formula is C52H30B4N2S. The number of fused-ring (bicyclic) bond motifs is 6. The van der Waals surface area contributed by atoms with Crippen molar-refractivity contribution in [2.75, 3.05) is 0 Å². The molecule has 0 atom stereocenters. The highest BCUT2D eigenvalue weighted by molar-refractivity contribution is 7.25. The molecule has 11 rings (SSSR count). The summed E-state index contributed by atoms with van der Waals surface area (Å²) >= 11 is 1.85. The molecule has 0 saturated heterocycles. The van der Waals surface area contributed by atoms with Gasteiger partial charge in [-0.25, -0.2) is 4.98 Å². The highest BCUT2D eigenvalue weighted by Gasteiger charge is 2.22. The predicted molar refractivity (Wildman–Crippen MR) is 257 cm³/mol. The second-order valence-electron chi connectivity index (χ2n) is 15.2. The molecule has 266 valence electrons. The minimum Gasteiger partial charge on any atom is -0.292 e. The quantitative estimate of drug-likeness (QED) is 0.126. The number of thiophene rings is 1. The molecule has 2 aromatic heterocycles. The van der Waals surface area contributed by atoms with Crippen LogP contribution >= 0.6 is 11.3 Å². The van der Waals surface area contributed by atoms with Crippen molar-refractivity contribution in [1.29, 1.82) is 0 Å². The van der Waals surface area contributed by atoms with Crippen LogP contribution in [-0.4, -0.2) is 40.9 Å². The Kier molecular flexibility index (Phi) is 8.32. The van der Waals surface area contributed by atoms with Crippen LogP contribution in [-0.2, 0) is 0 Å². The first-order valence-corrected chi connectivity index (χ1v) is 20.4. The normalized spacial score (nSPS) is 11.7. The molecule has 0 aliphatic carbocycles. The van der Waals surface area contributed by atoms with E-state index in [9.17, 15) is 0 Å². The van der Waals surface area contributed by atoms with Crippen LogP contribution in [0.25, 0.3) is 103 Å². The van der Waals surface area contributed by atoms with Crippen LogP contribution in [0.2, 0.25) is 0 Å². The van der Waals surface area contributed by atoms with Gasteiger partial charge in [0.15, 0.2) is 0 Å². The molecule has 11 aromatic rings. The zero-order chi connectivity index (χ0) is 39.9. The molecule has 0 unspecified atom stereocenters. The van der Waals surface area contributed by atoms with E-state index in [0.717, 1.165) is 27.8 Å². The van der Waals surface area contributed by atoms with E-state index in [0.29, 0.717) is 22.3 Å². The van der Waals surface area contributed by atoms with Crippen molar-refractivity contribution in [2.24, 2.45) is 0 Å². The molecule has 2 heterocycles. The summed E-state index contributed by atoms with van der Waals surface area (Å²) in [5.74, 6) is 0.649. The first-order chi connectivity index (χ1) is 28.9. The fourth-order valence-electron chi connectivity index (χ4n) is 8.98. The van der Waals surface area contributed by atoms with Gasteiger partial charge >= 0.3 is 0 Å². The minimum absolute atomic E-state index is 0.262. The summed E-state index contributed by atoms with van der Waals surface area (Å²) in [4.78, 5) is 5.09. The fourth-order valence-corrected chi connectivity index (χ4v) is 10.1. The lowest BCUT2D eigenvalue weighted by molar-refractivity contribution is 1.10. The van der Waals surface area contributed by atoms with Crippen molar-refractivity contribution in [2.45, 2.75) is 6.92 Å². The van der Waals surface area contributed by atoms with E-state index in [-0.39, 0.29) is 10.9 Å². The average molecular weight is 758 g/mol. The molecule has 0 bridgehead atoms. The van der Waals surface area contributed by atoms with Gasteiger partial charge in [-0.05, 0) is 116 Å². The molecular weight excluding hydrogens is 728 g/mol. The van der Waals surface area contributed by atoms with Crippen molar-refractivity contribution in [1.82, 2.24) is 9.55 Å². The van der Waals surface area contributed by atoms with E-state index < -0.39 is 0 Å². The number of hydrogen-bond donors (Lipinski definition) is 0. The Bertz CT molecular complexity index is 3470. The molecule has 7 heteroatoms. The Morgan fingerprint density at radius 2 is 1.00 bits per heavy atom. The lowest BCUT2D eigenvalue weighted by Gasteiger charge is -2.21. The monoisotopic (exact) mass is 758 g/mol. The summed E-state index contributed by atoms with van der Waals surface area (Å²) in [6.45, 7) is 1.91. The van der Waals surface area contributed by atoms with Gasteiger partial charge in [-0.2, -0.15) is 0 Å². The van der Waals surface area contributed by atoms with Crippen LogP contribution in [0.3, 0.4) is 0 Å². The fraction of sp³-hybridized carbons (Fsp3) is 0.0192. The Morgan fingerprint density at radius 3 is 1.78 bits per heavy atom. The molecule has 0 aliphatic rings. The number of nitrogens with zero attached hydrogens (tertiary/aromatic N) is 2. The summed E-state index contributed by atoms with van der Waals surface area (Å²) in [6, 6.07) is 58.9. The molecule has 0 spiro atoms. The van der Waals surface area contributed by atoms with E-state index in [1.165, 1.54) is 69.5 Å². The summed E-state index contributed by atoms with van der Waals surface area (Å²) in [7, 11) is 25.9. The number of rotatable bonds is 5. The third kappa shape index (κ3) is 5.56. The van der Waals surface area contributed by atoms with E-state index in [1.807, 2.05) is 36.5 Å². The Morgan fingerprint density at radius 1 is 0.424 bits per heavy atom. The Balaban J connectivity index is 1.15. The van der Waals surface area contributed by atoms with Gasteiger partial charge in [-0.1, -0.05) is 121 Å². The summed E-state index contributed by atoms with van der Waals surface area (Å²) < 4.78 is 4.72. The van der Waals surface area contributed by atoms with Crippen LogP contribution in [0.1, 0.15) is 5.56 Å². The molecule has 0 saturated carbocycles. The highest BCUT2D eigenvalue weighted by atomic mass is 32.1. The number of aromatic nitrogens is 2. The molecule has 59 heavy (non-hydrogen) atoms. The van der Waals surface area contributed by atoms with Gasteiger partial charge in [0.1, 0.15) is 37.2 Å². The van der Waals surface area contributed by atoms with Gasteiger partial charge in [0.05, 0.1) is 11.0 Å². The molecule has 9 aromatic carbocycles. The van der Waals surface area contributed by atoms with E-state index >= 15 is 0 Å². The summed E-state index contributed by atoms with van der Waals surface area (Å²) in [6.07, 6.45) is 0. The van der Waals surface area contributed by atoms with Crippen LogP contribution in [0.15, 0.2) is 164 Å². The first kappa shape index (κ1) is 35.6. The second kappa shape index (κ2) is 13.8. The van der Waals surface area contributed by atoms with Gasteiger partial charge in [0, 0.05) is 31.4 Å². The lowest BCUT2D eigenvalue weighted by Crippen LogP contribution is -2.49. The van der Waals surface area contributed by atoms with Crippen LogP contribution in [0, 0.1) is 6.92 Å². The topological polar surface area (TPSA) is 17.8 Å². The largest absolute Gasteiger partial charge is 0.292 e. The van der Waals surface area contributed by atoms with Gasteiger partial charge in [0.25, 0.3) is 0 Å². The van der Waals surface area contributed by atoms with Gasteiger partial charge in [-0.15, -0.1) is 27.7 Å². The van der Waals surface area contributed by atoms with E-state index in [2.05, 4.69) is 150 Å². The highest BCUT2D eigenvalue weighted by Crippen LogP contribution is 2.46. The molecule has 2 nitrogen and oxygen atoms in total. The molecule has 0 N–H and O–H groups in total.